The molecule has 3 aromatic heterocycles. The topological polar surface area (TPSA) is 66.2 Å². The van der Waals surface area contributed by atoms with Crippen LogP contribution in [-0.2, 0) is 13.6 Å². The van der Waals surface area contributed by atoms with E-state index in [2.05, 4.69) is 11.6 Å². The van der Waals surface area contributed by atoms with Crippen molar-refractivity contribution in [3.05, 3.63) is 75.0 Å². The molecular formula is C19H18FN5O2. The highest BCUT2D eigenvalue weighted by Crippen LogP contribution is 2.24. The number of allylic oxidation sites excluding steroid dienone is 1. The van der Waals surface area contributed by atoms with Crippen LogP contribution >= 0.6 is 0 Å². The molecule has 4 rings (SSSR count). The summed E-state index contributed by atoms with van der Waals surface area (Å²) in [5.41, 5.74) is 2.18. The normalized spacial score (nSPS) is 11.6. The molecule has 0 aliphatic heterocycles. The molecule has 0 spiro atoms. The van der Waals surface area contributed by atoms with Crippen LogP contribution in [0.2, 0.25) is 0 Å². The van der Waals surface area contributed by atoms with Crippen molar-refractivity contribution < 1.29 is 4.39 Å². The molecule has 0 fully saturated rings. The van der Waals surface area contributed by atoms with Gasteiger partial charge in [-0.25, -0.2) is 9.18 Å². The van der Waals surface area contributed by atoms with Gasteiger partial charge in [-0.2, -0.15) is 4.98 Å². The zero-order valence-electron chi connectivity index (χ0n) is 15.2. The molecule has 0 N–H and O–H groups in total. The zero-order valence-corrected chi connectivity index (χ0v) is 15.2. The summed E-state index contributed by atoms with van der Waals surface area (Å²) >= 11 is 0. The molecule has 0 saturated carbocycles. The van der Waals surface area contributed by atoms with Crippen LogP contribution < -0.4 is 11.2 Å². The van der Waals surface area contributed by atoms with Crippen molar-refractivity contribution in [1.29, 1.82) is 0 Å². The van der Waals surface area contributed by atoms with E-state index in [9.17, 15) is 14.0 Å². The second kappa shape index (κ2) is 5.80. The molecule has 1 aromatic carbocycles. The predicted molar refractivity (Wildman–Crippen MR) is 101 cm³/mol. The number of benzene rings is 1. The Bertz CT molecular complexity index is 1340. The van der Waals surface area contributed by atoms with E-state index >= 15 is 0 Å². The highest BCUT2D eigenvalue weighted by atomic mass is 19.1. The van der Waals surface area contributed by atoms with Gasteiger partial charge in [-0.15, -0.1) is 6.58 Å². The molecule has 0 unspecified atom stereocenters. The van der Waals surface area contributed by atoms with E-state index in [4.69, 9.17) is 0 Å². The summed E-state index contributed by atoms with van der Waals surface area (Å²) in [6, 6.07) is 6.04. The van der Waals surface area contributed by atoms with Gasteiger partial charge in [0.1, 0.15) is 5.82 Å². The third kappa shape index (κ3) is 2.22. The van der Waals surface area contributed by atoms with Gasteiger partial charge in [0.2, 0.25) is 5.78 Å². The number of aromatic nitrogens is 5. The number of hydrogen-bond acceptors (Lipinski definition) is 3. The monoisotopic (exact) mass is 367 g/mol. The van der Waals surface area contributed by atoms with Crippen LogP contribution in [0.15, 0.2) is 46.5 Å². The van der Waals surface area contributed by atoms with E-state index in [1.807, 2.05) is 18.4 Å². The van der Waals surface area contributed by atoms with Gasteiger partial charge in [0.15, 0.2) is 11.2 Å². The van der Waals surface area contributed by atoms with Crippen molar-refractivity contribution in [3.8, 4) is 5.69 Å². The third-order valence-electron chi connectivity index (χ3n) is 4.92. The summed E-state index contributed by atoms with van der Waals surface area (Å²) < 4.78 is 19.4. The Balaban J connectivity index is 2.20. The van der Waals surface area contributed by atoms with Gasteiger partial charge in [0.05, 0.1) is 0 Å². The molecule has 0 aliphatic carbocycles. The molecule has 27 heavy (non-hydrogen) atoms. The molecule has 0 bridgehead atoms. The Morgan fingerprint density at radius 3 is 2.44 bits per heavy atom. The Morgan fingerprint density at radius 1 is 1.15 bits per heavy atom. The maximum atomic E-state index is 13.3. The molecular weight excluding hydrogens is 349 g/mol. The molecule has 0 amide bonds. The van der Waals surface area contributed by atoms with Gasteiger partial charge in [-0.1, -0.05) is 6.08 Å². The average Bonchev–Trinajstić information content (AvgIpc) is 3.14. The van der Waals surface area contributed by atoms with Gasteiger partial charge in [-0.05, 0) is 38.1 Å². The van der Waals surface area contributed by atoms with Crippen LogP contribution in [0.5, 0.6) is 0 Å². The predicted octanol–water partition coefficient (Wildman–Crippen LogP) is 2.08. The van der Waals surface area contributed by atoms with E-state index in [0.29, 0.717) is 16.9 Å². The summed E-state index contributed by atoms with van der Waals surface area (Å²) in [4.78, 5) is 30.1. The lowest BCUT2D eigenvalue weighted by molar-refractivity contribution is 0.627. The first-order chi connectivity index (χ1) is 12.9. The van der Waals surface area contributed by atoms with Crippen LogP contribution in [0.25, 0.3) is 22.6 Å². The van der Waals surface area contributed by atoms with E-state index in [-0.39, 0.29) is 12.4 Å². The Morgan fingerprint density at radius 2 is 1.81 bits per heavy atom. The molecule has 8 heteroatoms. The van der Waals surface area contributed by atoms with Crippen molar-refractivity contribution in [2.24, 2.45) is 7.05 Å². The highest BCUT2D eigenvalue weighted by molar-refractivity contribution is 5.77. The lowest BCUT2D eigenvalue weighted by atomic mass is 10.3. The summed E-state index contributed by atoms with van der Waals surface area (Å²) in [7, 11) is 1.58. The molecule has 0 saturated heterocycles. The highest BCUT2D eigenvalue weighted by Gasteiger charge is 2.22. The third-order valence-corrected chi connectivity index (χ3v) is 4.92. The minimum Gasteiger partial charge on any atom is -0.283 e. The summed E-state index contributed by atoms with van der Waals surface area (Å²) in [6.07, 6.45) is 1.51. The fourth-order valence-electron chi connectivity index (χ4n) is 3.44. The molecule has 0 radical (unpaired) electrons. The first-order valence-electron chi connectivity index (χ1n) is 8.43. The van der Waals surface area contributed by atoms with Crippen LogP contribution in [0.3, 0.4) is 0 Å². The summed E-state index contributed by atoms with van der Waals surface area (Å²) in [5.74, 6) is 0.162. The van der Waals surface area contributed by atoms with Gasteiger partial charge >= 0.3 is 5.69 Å². The summed E-state index contributed by atoms with van der Waals surface area (Å²) in [5, 5.41) is 0. The Labute approximate surface area is 153 Å². The fraction of sp³-hybridized carbons (Fsp3) is 0.211. The van der Waals surface area contributed by atoms with Crippen molar-refractivity contribution in [3.63, 3.8) is 0 Å². The summed E-state index contributed by atoms with van der Waals surface area (Å²) in [6.45, 7) is 7.52. The minimum atomic E-state index is -0.448. The maximum Gasteiger partial charge on any atom is 0.332 e. The number of halogens is 1. The van der Waals surface area contributed by atoms with Gasteiger partial charge in [0, 0.05) is 30.7 Å². The van der Waals surface area contributed by atoms with E-state index < -0.39 is 11.2 Å². The maximum absolute atomic E-state index is 13.3. The smallest absolute Gasteiger partial charge is 0.283 e. The quantitative estimate of drug-likeness (QED) is 0.521. The molecule has 4 aromatic rings. The minimum absolute atomic E-state index is 0.116. The number of aryl methyl sites for hydroxylation is 2. The van der Waals surface area contributed by atoms with Gasteiger partial charge < -0.3 is 0 Å². The van der Waals surface area contributed by atoms with Crippen LogP contribution in [-0.4, -0.2) is 23.1 Å². The van der Waals surface area contributed by atoms with Crippen molar-refractivity contribution >= 4 is 16.9 Å². The lowest BCUT2D eigenvalue weighted by Crippen LogP contribution is -2.39. The van der Waals surface area contributed by atoms with Crippen LogP contribution in [0, 0.1) is 19.7 Å². The zero-order chi connectivity index (χ0) is 19.5. The largest absolute Gasteiger partial charge is 0.332 e. The molecule has 7 nitrogen and oxygen atoms in total. The van der Waals surface area contributed by atoms with Crippen LogP contribution in [0.1, 0.15) is 11.4 Å². The number of imidazole rings is 2. The van der Waals surface area contributed by atoms with E-state index in [1.54, 1.807) is 23.6 Å². The number of fused-ring (bicyclic) bond motifs is 3. The first kappa shape index (κ1) is 17.0. The fourth-order valence-corrected chi connectivity index (χ4v) is 3.44. The Hall–Kier alpha value is -3.42. The SMILES string of the molecule is C=CCn1c(=O)c2c(nc3n(-c4ccc(F)cc4)c(C)c(C)n23)n(C)c1=O. The number of hydrogen-bond donors (Lipinski definition) is 0. The Kier molecular flexibility index (Phi) is 3.66. The average molecular weight is 367 g/mol. The standard InChI is InChI=1S/C19H18FN5O2/c1-5-10-23-17(26)15-16(22(4)19(23)27)21-18-24(11(2)12(3)25(15)18)14-8-6-13(20)7-9-14/h5-9H,1,10H2,2-4H3. The number of rotatable bonds is 3. The molecule has 0 atom stereocenters. The van der Waals surface area contributed by atoms with Gasteiger partial charge in [0.25, 0.3) is 5.56 Å². The van der Waals surface area contributed by atoms with E-state index in [0.717, 1.165) is 21.6 Å². The van der Waals surface area contributed by atoms with E-state index in [1.165, 1.54) is 22.8 Å². The van der Waals surface area contributed by atoms with Crippen molar-refractivity contribution in [2.45, 2.75) is 20.4 Å². The second-order valence-corrected chi connectivity index (χ2v) is 6.45. The molecule has 138 valence electrons. The molecule has 3 heterocycles. The number of nitrogens with zero attached hydrogens (tertiary/aromatic N) is 5. The van der Waals surface area contributed by atoms with Crippen molar-refractivity contribution in [1.82, 2.24) is 23.1 Å². The van der Waals surface area contributed by atoms with Crippen molar-refractivity contribution in [2.75, 3.05) is 0 Å². The first-order valence-corrected chi connectivity index (χ1v) is 8.43. The second-order valence-electron chi connectivity index (χ2n) is 6.45. The lowest BCUT2D eigenvalue weighted by Gasteiger charge is -2.07. The van der Waals surface area contributed by atoms with Gasteiger partial charge in [-0.3, -0.25) is 22.9 Å². The molecule has 0 aliphatic rings. The van der Waals surface area contributed by atoms with Crippen LogP contribution in [0.4, 0.5) is 4.39 Å².